The van der Waals surface area contributed by atoms with Crippen LogP contribution in [-0.4, -0.2) is 16.1 Å². The quantitative estimate of drug-likeness (QED) is 0.875. The summed E-state index contributed by atoms with van der Waals surface area (Å²) < 4.78 is 0. The number of aryl methyl sites for hydroxylation is 1. The molecule has 0 aliphatic rings. The molecule has 2 rings (SSSR count). The third-order valence-corrected chi connectivity index (χ3v) is 4.05. The predicted molar refractivity (Wildman–Crippen MR) is 81.5 cm³/mol. The number of carbonyl (C=O) groups is 1. The van der Waals surface area contributed by atoms with E-state index in [-0.39, 0.29) is 11.6 Å². The van der Waals surface area contributed by atoms with Crippen molar-refractivity contribution in [1.82, 2.24) is 4.98 Å². The number of anilines is 1. The average molecular weight is 290 g/mol. The molecule has 5 heteroatoms. The van der Waals surface area contributed by atoms with Gasteiger partial charge in [0.1, 0.15) is 5.56 Å². The molecule has 2 heterocycles. The lowest BCUT2D eigenvalue weighted by Crippen LogP contribution is -2.18. The summed E-state index contributed by atoms with van der Waals surface area (Å²) >= 11 is 1.67. The molecule has 0 radical (unpaired) electrons. The minimum absolute atomic E-state index is 0.0925. The minimum Gasteiger partial charge on any atom is -0.478 e. The van der Waals surface area contributed by atoms with Crippen LogP contribution in [0.25, 0.3) is 0 Å². The Morgan fingerprint density at radius 3 is 2.75 bits per heavy atom. The number of aromatic carboxylic acids is 1. The number of carboxylic acid groups (broad SMARTS) is 1. The topological polar surface area (TPSA) is 62.2 Å². The van der Waals surface area contributed by atoms with Crippen molar-refractivity contribution in [2.45, 2.75) is 26.8 Å². The van der Waals surface area contributed by atoms with Gasteiger partial charge in [-0.05, 0) is 30.4 Å². The fourth-order valence-corrected chi connectivity index (χ4v) is 3.00. The molecule has 0 saturated heterocycles. The van der Waals surface area contributed by atoms with Crippen LogP contribution < -0.4 is 5.32 Å². The molecule has 1 unspecified atom stereocenters. The van der Waals surface area contributed by atoms with Crippen LogP contribution in [0.2, 0.25) is 0 Å². The van der Waals surface area contributed by atoms with E-state index in [9.17, 15) is 9.90 Å². The van der Waals surface area contributed by atoms with Crippen molar-refractivity contribution in [2.75, 3.05) is 5.32 Å². The van der Waals surface area contributed by atoms with E-state index in [2.05, 4.69) is 30.2 Å². The first kappa shape index (κ1) is 14.5. The van der Waals surface area contributed by atoms with Gasteiger partial charge in [0.25, 0.3) is 0 Å². The van der Waals surface area contributed by atoms with Crippen LogP contribution in [0.3, 0.4) is 0 Å². The number of hydrogen-bond donors (Lipinski definition) is 2. The largest absolute Gasteiger partial charge is 0.478 e. The molecule has 0 saturated carbocycles. The lowest BCUT2D eigenvalue weighted by Gasteiger charge is -2.23. The van der Waals surface area contributed by atoms with Crippen LogP contribution in [0.5, 0.6) is 0 Å². The summed E-state index contributed by atoms with van der Waals surface area (Å²) in [6.45, 7) is 6.09. The van der Waals surface area contributed by atoms with Crippen LogP contribution in [0.15, 0.2) is 29.8 Å². The monoisotopic (exact) mass is 290 g/mol. The molecule has 0 bridgehead atoms. The molecule has 0 aliphatic carbocycles. The van der Waals surface area contributed by atoms with E-state index in [0.717, 1.165) is 5.69 Å². The van der Waals surface area contributed by atoms with Crippen molar-refractivity contribution >= 4 is 23.0 Å². The van der Waals surface area contributed by atoms with Crippen LogP contribution in [0.4, 0.5) is 5.69 Å². The van der Waals surface area contributed by atoms with E-state index in [1.165, 1.54) is 11.1 Å². The molecule has 0 aliphatic heterocycles. The van der Waals surface area contributed by atoms with Crippen LogP contribution in [0.1, 0.15) is 40.8 Å². The van der Waals surface area contributed by atoms with Crippen LogP contribution in [0, 0.1) is 12.8 Å². The van der Waals surface area contributed by atoms with Crippen molar-refractivity contribution in [3.8, 4) is 0 Å². The molecule has 0 aromatic carbocycles. The molecule has 20 heavy (non-hydrogen) atoms. The summed E-state index contributed by atoms with van der Waals surface area (Å²) in [6.07, 6.45) is 1.41. The van der Waals surface area contributed by atoms with E-state index in [1.807, 2.05) is 18.4 Å². The highest BCUT2D eigenvalue weighted by Crippen LogP contribution is 2.31. The van der Waals surface area contributed by atoms with Crippen molar-refractivity contribution in [2.24, 2.45) is 5.92 Å². The number of aromatic nitrogens is 1. The van der Waals surface area contributed by atoms with E-state index in [1.54, 1.807) is 17.4 Å². The van der Waals surface area contributed by atoms with Crippen molar-refractivity contribution in [3.63, 3.8) is 0 Å². The lowest BCUT2D eigenvalue weighted by molar-refractivity contribution is 0.0697. The Morgan fingerprint density at radius 2 is 2.20 bits per heavy atom. The summed E-state index contributed by atoms with van der Waals surface area (Å²) in [7, 11) is 0. The van der Waals surface area contributed by atoms with Crippen molar-refractivity contribution in [1.29, 1.82) is 0 Å². The highest BCUT2D eigenvalue weighted by Gasteiger charge is 2.20. The summed E-state index contributed by atoms with van der Waals surface area (Å²) in [5.74, 6) is -0.613. The zero-order valence-corrected chi connectivity index (χ0v) is 12.6. The summed E-state index contributed by atoms with van der Waals surface area (Å²) in [6, 6.07) is 5.95. The molecular weight excluding hydrogens is 272 g/mol. The van der Waals surface area contributed by atoms with Crippen LogP contribution >= 0.6 is 11.3 Å². The molecular formula is C15H18N2O2S. The Labute approximate surface area is 122 Å². The molecule has 1 atom stereocenters. The molecule has 2 aromatic heterocycles. The molecule has 106 valence electrons. The predicted octanol–water partition coefficient (Wildman–Crippen LogP) is 3.96. The Kier molecular flexibility index (Phi) is 4.39. The van der Waals surface area contributed by atoms with Gasteiger partial charge in [0.2, 0.25) is 0 Å². The van der Waals surface area contributed by atoms with Gasteiger partial charge >= 0.3 is 5.97 Å². The fraction of sp³-hybridized carbons (Fsp3) is 0.333. The van der Waals surface area contributed by atoms with Gasteiger partial charge in [-0.3, -0.25) is 4.98 Å². The summed E-state index contributed by atoms with van der Waals surface area (Å²) in [5.41, 5.74) is 1.63. The number of pyridine rings is 1. The number of thiophene rings is 1. The standard InChI is InChI=1S/C15H18N2O2S/c1-9(2)14(13-5-4-6-20-13)17-12-7-10(3)16-8-11(12)15(18)19/h4-9,14H,1-3H3,(H,16,17)(H,18,19). The SMILES string of the molecule is Cc1cc(NC(c2cccs2)C(C)C)c(C(=O)O)cn1. The lowest BCUT2D eigenvalue weighted by atomic mass is 10.0. The maximum atomic E-state index is 11.3. The van der Waals surface area contributed by atoms with Crippen LogP contribution in [-0.2, 0) is 0 Å². The fourth-order valence-electron chi connectivity index (χ4n) is 2.05. The zero-order chi connectivity index (χ0) is 14.7. The molecule has 0 fully saturated rings. The van der Waals surface area contributed by atoms with Gasteiger partial charge in [0.05, 0.1) is 11.7 Å². The number of hydrogen-bond acceptors (Lipinski definition) is 4. The number of carboxylic acids is 1. The average Bonchev–Trinajstić information content (AvgIpc) is 2.88. The van der Waals surface area contributed by atoms with E-state index >= 15 is 0 Å². The van der Waals surface area contributed by atoms with Gasteiger partial charge in [-0.1, -0.05) is 19.9 Å². The van der Waals surface area contributed by atoms with Crippen molar-refractivity contribution < 1.29 is 9.90 Å². The second kappa shape index (κ2) is 6.05. The van der Waals surface area contributed by atoms with E-state index in [0.29, 0.717) is 11.6 Å². The molecule has 2 aromatic rings. The highest BCUT2D eigenvalue weighted by molar-refractivity contribution is 7.10. The number of nitrogens with one attached hydrogen (secondary N) is 1. The Balaban J connectivity index is 2.36. The first-order chi connectivity index (χ1) is 9.49. The van der Waals surface area contributed by atoms with E-state index in [4.69, 9.17) is 0 Å². The van der Waals surface area contributed by atoms with Gasteiger partial charge in [0, 0.05) is 16.8 Å². The normalized spacial score (nSPS) is 12.4. The Bertz CT molecular complexity index is 594. The number of nitrogens with zero attached hydrogens (tertiary/aromatic N) is 1. The van der Waals surface area contributed by atoms with Gasteiger partial charge < -0.3 is 10.4 Å². The van der Waals surface area contributed by atoms with Gasteiger partial charge in [-0.15, -0.1) is 11.3 Å². The first-order valence-electron chi connectivity index (χ1n) is 6.49. The maximum Gasteiger partial charge on any atom is 0.339 e. The minimum atomic E-state index is -0.964. The summed E-state index contributed by atoms with van der Waals surface area (Å²) in [4.78, 5) is 16.6. The third-order valence-electron chi connectivity index (χ3n) is 3.10. The second-order valence-electron chi connectivity index (χ2n) is 5.06. The van der Waals surface area contributed by atoms with Gasteiger partial charge in [0.15, 0.2) is 0 Å². The molecule has 4 nitrogen and oxygen atoms in total. The first-order valence-corrected chi connectivity index (χ1v) is 7.37. The molecule has 0 spiro atoms. The highest BCUT2D eigenvalue weighted by atomic mass is 32.1. The molecule has 0 amide bonds. The second-order valence-corrected chi connectivity index (χ2v) is 6.04. The zero-order valence-electron chi connectivity index (χ0n) is 11.8. The molecule has 2 N–H and O–H groups in total. The summed E-state index contributed by atoms with van der Waals surface area (Å²) in [5, 5.41) is 14.7. The smallest absolute Gasteiger partial charge is 0.339 e. The Morgan fingerprint density at radius 1 is 1.45 bits per heavy atom. The maximum absolute atomic E-state index is 11.3. The Hall–Kier alpha value is -1.88. The van der Waals surface area contributed by atoms with E-state index < -0.39 is 5.97 Å². The van der Waals surface area contributed by atoms with Gasteiger partial charge in [-0.2, -0.15) is 0 Å². The van der Waals surface area contributed by atoms with Gasteiger partial charge in [-0.25, -0.2) is 4.79 Å². The third kappa shape index (κ3) is 3.17. The number of rotatable bonds is 5. The van der Waals surface area contributed by atoms with Crippen molar-refractivity contribution in [3.05, 3.63) is 45.9 Å².